The Labute approximate surface area is 113 Å². The van der Waals surface area contributed by atoms with Crippen LogP contribution in [-0.2, 0) is 0 Å². The summed E-state index contributed by atoms with van der Waals surface area (Å²) in [6.07, 6.45) is 0. The first-order valence-electron chi connectivity index (χ1n) is 6.16. The topological polar surface area (TPSA) is 28.7 Å². The molecule has 0 aliphatic rings. The van der Waals surface area contributed by atoms with Gasteiger partial charge in [0.05, 0.1) is 5.69 Å². The van der Waals surface area contributed by atoms with Crippen molar-refractivity contribution in [3.63, 3.8) is 0 Å². The number of aromatic amines is 1. The maximum absolute atomic E-state index is 5.15. The van der Waals surface area contributed by atoms with Gasteiger partial charge in [-0.25, -0.2) is 4.98 Å². The van der Waals surface area contributed by atoms with Crippen LogP contribution in [0.5, 0.6) is 0 Å². The Morgan fingerprint density at radius 3 is 2.50 bits per heavy atom. The molecular formula is C15H18N2S. The van der Waals surface area contributed by atoms with Crippen molar-refractivity contribution in [1.29, 1.82) is 0 Å². The summed E-state index contributed by atoms with van der Waals surface area (Å²) in [4.78, 5) is 7.47. The normalized spacial score (nSPS) is 10.9. The summed E-state index contributed by atoms with van der Waals surface area (Å²) < 4.78 is 0.541. The number of hydrogen-bond donors (Lipinski definition) is 1. The molecular weight excluding hydrogens is 240 g/mol. The van der Waals surface area contributed by atoms with E-state index in [1.54, 1.807) is 0 Å². The highest BCUT2D eigenvalue weighted by molar-refractivity contribution is 7.71. The molecule has 0 bridgehead atoms. The van der Waals surface area contributed by atoms with Crippen molar-refractivity contribution in [3.05, 3.63) is 45.9 Å². The Morgan fingerprint density at radius 1 is 1.17 bits per heavy atom. The van der Waals surface area contributed by atoms with Gasteiger partial charge in [0.2, 0.25) is 0 Å². The van der Waals surface area contributed by atoms with Crippen LogP contribution in [0.15, 0.2) is 24.3 Å². The predicted molar refractivity (Wildman–Crippen MR) is 78.4 cm³/mol. The first-order valence-corrected chi connectivity index (χ1v) is 6.57. The Morgan fingerprint density at radius 2 is 1.89 bits per heavy atom. The fourth-order valence-corrected chi connectivity index (χ4v) is 2.25. The Hall–Kier alpha value is -1.48. The number of nitrogens with one attached hydrogen (secondary N) is 1. The Kier molecular flexibility index (Phi) is 3.62. The van der Waals surface area contributed by atoms with Gasteiger partial charge in [-0.15, -0.1) is 0 Å². The standard InChI is InChI=1S/C15H18N2S/c1-9(2)12-6-5-10(3)13(8-12)14-7-11(4)16-15(18)17-14/h5-9H,1-4H3,(H,16,17,18). The molecule has 0 spiro atoms. The average Bonchev–Trinajstić information content (AvgIpc) is 2.27. The molecule has 94 valence electrons. The lowest BCUT2D eigenvalue weighted by Crippen LogP contribution is -1.95. The molecule has 18 heavy (non-hydrogen) atoms. The van der Waals surface area contributed by atoms with Gasteiger partial charge < -0.3 is 4.98 Å². The fraction of sp³-hybridized carbons (Fsp3) is 0.333. The maximum atomic E-state index is 5.15. The zero-order chi connectivity index (χ0) is 13.3. The third kappa shape index (κ3) is 2.67. The third-order valence-electron chi connectivity index (χ3n) is 3.08. The smallest absolute Gasteiger partial charge is 0.197 e. The van der Waals surface area contributed by atoms with E-state index in [9.17, 15) is 0 Å². The highest BCUT2D eigenvalue weighted by Crippen LogP contribution is 2.26. The van der Waals surface area contributed by atoms with E-state index in [0.29, 0.717) is 10.7 Å². The molecule has 1 aromatic carbocycles. The van der Waals surface area contributed by atoms with Crippen molar-refractivity contribution in [3.8, 4) is 11.3 Å². The zero-order valence-electron chi connectivity index (χ0n) is 11.2. The van der Waals surface area contributed by atoms with Gasteiger partial charge >= 0.3 is 0 Å². The van der Waals surface area contributed by atoms with Crippen molar-refractivity contribution < 1.29 is 0 Å². The molecule has 0 aliphatic heterocycles. The van der Waals surface area contributed by atoms with E-state index in [-0.39, 0.29) is 0 Å². The van der Waals surface area contributed by atoms with Crippen LogP contribution >= 0.6 is 12.2 Å². The van der Waals surface area contributed by atoms with Crippen molar-refractivity contribution in [2.45, 2.75) is 33.6 Å². The average molecular weight is 258 g/mol. The van der Waals surface area contributed by atoms with Crippen LogP contribution in [0.4, 0.5) is 0 Å². The largest absolute Gasteiger partial charge is 0.335 e. The molecule has 3 heteroatoms. The summed E-state index contributed by atoms with van der Waals surface area (Å²) in [6, 6.07) is 8.60. The maximum Gasteiger partial charge on any atom is 0.197 e. The predicted octanol–water partition coefficient (Wildman–Crippen LogP) is 4.55. The minimum Gasteiger partial charge on any atom is -0.335 e. The van der Waals surface area contributed by atoms with Gasteiger partial charge in [0.25, 0.3) is 0 Å². The molecule has 2 rings (SSSR count). The molecule has 0 radical (unpaired) electrons. The van der Waals surface area contributed by atoms with Crippen LogP contribution < -0.4 is 0 Å². The van der Waals surface area contributed by atoms with Gasteiger partial charge in [-0.3, -0.25) is 0 Å². The van der Waals surface area contributed by atoms with Gasteiger partial charge in [0.15, 0.2) is 4.77 Å². The minimum absolute atomic E-state index is 0.517. The molecule has 2 aromatic rings. The van der Waals surface area contributed by atoms with Crippen molar-refractivity contribution in [2.75, 3.05) is 0 Å². The summed E-state index contributed by atoms with van der Waals surface area (Å²) in [5.74, 6) is 0.517. The number of aryl methyl sites for hydroxylation is 2. The molecule has 0 saturated carbocycles. The van der Waals surface area contributed by atoms with Gasteiger partial charge in [0.1, 0.15) is 0 Å². The Bertz CT molecular complexity index is 627. The van der Waals surface area contributed by atoms with Crippen molar-refractivity contribution in [2.24, 2.45) is 0 Å². The van der Waals surface area contributed by atoms with Gasteiger partial charge in [-0.2, -0.15) is 0 Å². The molecule has 0 atom stereocenters. The lowest BCUT2D eigenvalue weighted by Gasteiger charge is -2.11. The highest BCUT2D eigenvalue weighted by Gasteiger charge is 2.07. The summed E-state index contributed by atoms with van der Waals surface area (Å²) in [5.41, 5.74) is 5.72. The second-order valence-electron chi connectivity index (χ2n) is 4.98. The van der Waals surface area contributed by atoms with Crippen LogP contribution in [0.1, 0.15) is 36.6 Å². The number of H-pyrrole nitrogens is 1. The van der Waals surface area contributed by atoms with Crippen molar-refractivity contribution >= 4 is 12.2 Å². The van der Waals surface area contributed by atoms with Crippen LogP contribution in [-0.4, -0.2) is 9.97 Å². The molecule has 1 heterocycles. The number of aromatic nitrogens is 2. The minimum atomic E-state index is 0.517. The van der Waals surface area contributed by atoms with Crippen LogP contribution in [0, 0.1) is 18.6 Å². The second kappa shape index (κ2) is 5.02. The third-order valence-corrected chi connectivity index (χ3v) is 3.28. The molecule has 0 fully saturated rings. The number of rotatable bonds is 2. The molecule has 0 amide bonds. The van der Waals surface area contributed by atoms with Gasteiger partial charge in [0, 0.05) is 11.3 Å². The van der Waals surface area contributed by atoms with E-state index < -0.39 is 0 Å². The summed E-state index contributed by atoms with van der Waals surface area (Å²) in [6.45, 7) is 8.51. The Balaban J connectivity index is 2.62. The summed E-state index contributed by atoms with van der Waals surface area (Å²) >= 11 is 5.15. The number of hydrogen-bond acceptors (Lipinski definition) is 2. The zero-order valence-corrected chi connectivity index (χ0v) is 12.1. The first-order chi connectivity index (χ1) is 8.47. The lowest BCUT2D eigenvalue weighted by molar-refractivity contribution is 0.866. The molecule has 0 saturated heterocycles. The van der Waals surface area contributed by atoms with E-state index in [0.717, 1.165) is 11.4 Å². The quantitative estimate of drug-likeness (QED) is 0.801. The van der Waals surface area contributed by atoms with E-state index >= 15 is 0 Å². The molecule has 1 aromatic heterocycles. The van der Waals surface area contributed by atoms with E-state index in [1.165, 1.54) is 16.7 Å². The SMILES string of the molecule is Cc1cc(-c2cc(C(C)C)ccc2C)nc(=S)[nH]1. The molecule has 2 nitrogen and oxygen atoms in total. The second-order valence-corrected chi connectivity index (χ2v) is 5.37. The first kappa shape index (κ1) is 13.0. The van der Waals surface area contributed by atoms with Crippen LogP contribution in [0.3, 0.4) is 0 Å². The summed E-state index contributed by atoms with van der Waals surface area (Å²) in [7, 11) is 0. The fourth-order valence-electron chi connectivity index (χ4n) is 1.99. The van der Waals surface area contributed by atoms with E-state index in [2.05, 4.69) is 48.9 Å². The van der Waals surface area contributed by atoms with Crippen molar-refractivity contribution in [1.82, 2.24) is 9.97 Å². The molecule has 0 unspecified atom stereocenters. The van der Waals surface area contributed by atoms with E-state index in [1.807, 2.05) is 13.0 Å². The molecule has 0 aliphatic carbocycles. The van der Waals surface area contributed by atoms with E-state index in [4.69, 9.17) is 12.2 Å². The van der Waals surface area contributed by atoms with Gasteiger partial charge in [-0.05, 0) is 55.2 Å². The monoisotopic (exact) mass is 258 g/mol. The van der Waals surface area contributed by atoms with Crippen LogP contribution in [0.25, 0.3) is 11.3 Å². The number of nitrogens with zero attached hydrogens (tertiary/aromatic N) is 1. The van der Waals surface area contributed by atoms with Gasteiger partial charge in [-0.1, -0.05) is 26.0 Å². The lowest BCUT2D eigenvalue weighted by atomic mass is 9.96. The summed E-state index contributed by atoms with van der Waals surface area (Å²) in [5, 5.41) is 0. The highest BCUT2D eigenvalue weighted by atomic mass is 32.1. The van der Waals surface area contributed by atoms with Crippen LogP contribution in [0.2, 0.25) is 0 Å². The molecule has 1 N–H and O–H groups in total. The number of benzene rings is 1.